The predicted molar refractivity (Wildman–Crippen MR) is 192 cm³/mol. The minimum Gasteiger partial charge on any atom is -0.447 e. The second-order valence-electron chi connectivity index (χ2n) is 14.0. The van der Waals surface area contributed by atoms with Crippen LogP contribution in [-0.2, 0) is 9.53 Å². The molecule has 3 N–H and O–H groups in total. The molecule has 10 heteroatoms. The van der Waals surface area contributed by atoms with Gasteiger partial charge >= 0.3 is 6.09 Å². The Balaban J connectivity index is 1.96. The largest absolute Gasteiger partial charge is 0.447 e. The van der Waals surface area contributed by atoms with Gasteiger partial charge in [0, 0.05) is 63.2 Å². The highest BCUT2D eigenvalue weighted by atomic mass is 16.6. The lowest BCUT2D eigenvalue weighted by molar-refractivity contribution is -0.138. The van der Waals surface area contributed by atoms with Crippen LogP contribution in [0.3, 0.4) is 0 Å². The first kappa shape index (κ1) is 37.4. The number of nitrogens with two attached hydrogens (primary N) is 1. The summed E-state index contributed by atoms with van der Waals surface area (Å²) in [5.74, 6) is 7.69. The summed E-state index contributed by atoms with van der Waals surface area (Å²) in [6, 6.07) is 4.24. The molecule has 1 aliphatic rings. The van der Waals surface area contributed by atoms with E-state index in [1.807, 2.05) is 82.5 Å². The summed E-state index contributed by atoms with van der Waals surface area (Å²) in [6.07, 6.45) is 14.7. The third-order valence-electron chi connectivity index (χ3n) is 8.82. The summed E-state index contributed by atoms with van der Waals surface area (Å²) in [5.41, 5.74) is 3.35. The molecule has 3 atom stereocenters. The lowest BCUT2D eigenvalue weighted by atomic mass is 9.88. The molecule has 258 valence electrons. The van der Waals surface area contributed by atoms with Gasteiger partial charge in [-0.25, -0.2) is 4.79 Å². The number of amides is 2. The number of allylic oxidation sites excluding steroid dienone is 1. The fourth-order valence-electron chi connectivity index (χ4n) is 5.73. The number of ether oxygens (including phenoxy) is 1. The normalized spacial score (nSPS) is 17.2. The number of likely N-dealkylation sites (tertiary alicyclic amines) is 1. The number of carbonyl (C=O) groups excluding carboxylic acids is 2. The number of carbonyl (C=O) groups is 2. The van der Waals surface area contributed by atoms with Crippen molar-refractivity contribution in [3.63, 3.8) is 0 Å². The number of hydrogen-bond donors (Lipinski definition) is 2. The molecule has 2 unspecified atom stereocenters. The van der Waals surface area contributed by atoms with E-state index in [0.717, 1.165) is 42.8 Å². The molecule has 0 aromatic carbocycles. The van der Waals surface area contributed by atoms with Crippen LogP contribution in [0, 0.1) is 11.3 Å². The third kappa shape index (κ3) is 10.2. The maximum atomic E-state index is 13.4. The van der Waals surface area contributed by atoms with Crippen LogP contribution in [0.25, 0.3) is 12.2 Å². The van der Waals surface area contributed by atoms with Crippen LogP contribution < -0.4 is 11.2 Å². The smallest absolute Gasteiger partial charge is 0.414 e. The Bertz CT molecular complexity index is 1420. The van der Waals surface area contributed by atoms with E-state index in [2.05, 4.69) is 62.0 Å². The van der Waals surface area contributed by atoms with Gasteiger partial charge in [-0.15, -0.1) is 0 Å². The van der Waals surface area contributed by atoms with Crippen molar-refractivity contribution in [2.45, 2.75) is 99.1 Å². The maximum absolute atomic E-state index is 13.4. The molecule has 10 nitrogen and oxygen atoms in total. The van der Waals surface area contributed by atoms with Crippen molar-refractivity contribution >= 4 is 30.1 Å². The van der Waals surface area contributed by atoms with Crippen molar-refractivity contribution in [1.29, 1.82) is 0 Å². The lowest BCUT2D eigenvalue weighted by Crippen LogP contribution is -2.44. The zero-order valence-electron chi connectivity index (χ0n) is 30.2. The summed E-state index contributed by atoms with van der Waals surface area (Å²) in [4.78, 5) is 39.3. The number of hydrogen-bond acceptors (Lipinski definition) is 6. The molecular weight excluding hydrogens is 590 g/mol. The number of nitrogens with zero attached hydrogens (tertiary/aromatic N) is 5. The van der Waals surface area contributed by atoms with Crippen molar-refractivity contribution in [1.82, 2.24) is 24.8 Å². The summed E-state index contributed by atoms with van der Waals surface area (Å²) < 4.78 is 7.07. The van der Waals surface area contributed by atoms with Gasteiger partial charge in [-0.05, 0) is 88.3 Å². The van der Waals surface area contributed by atoms with Gasteiger partial charge in [0.25, 0.3) is 0 Å². The van der Waals surface area contributed by atoms with Crippen LogP contribution in [0.15, 0.2) is 47.9 Å². The van der Waals surface area contributed by atoms with Gasteiger partial charge in [0.05, 0.1) is 17.2 Å². The van der Waals surface area contributed by atoms with Crippen LogP contribution in [0.4, 0.5) is 4.79 Å². The SMILES string of the molecule is CCC(C)N(C)C(=O)C(C)(C)/C=C/c1cn(N)c(/C=C/C(C)C)c1[C@H](C)CN=C(NC(=O)OC(C)C)N1CCC(c2ccncc2)C1. The molecule has 3 heterocycles. The van der Waals surface area contributed by atoms with Crippen LogP contribution in [-0.4, -0.2) is 76.2 Å². The molecule has 1 fully saturated rings. The van der Waals surface area contributed by atoms with Crippen molar-refractivity contribution < 1.29 is 14.3 Å². The number of nitrogen functional groups attached to an aromatic ring is 1. The molecule has 0 radical (unpaired) electrons. The van der Waals surface area contributed by atoms with E-state index in [0.29, 0.717) is 24.3 Å². The minimum absolute atomic E-state index is 0.0640. The molecule has 1 aliphatic heterocycles. The first-order valence-corrected chi connectivity index (χ1v) is 17.0. The fraction of sp³-hybridized carbons (Fsp3) is 0.568. The lowest BCUT2D eigenvalue weighted by Gasteiger charge is -2.31. The van der Waals surface area contributed by atoms with E-state index < -0.39 is 11.5 Å². The molecule has 47 heavy (non-hydrogen) atoms. The summed E-state index contributed by atoms with van der Waals surface area (Å²) in [5, 5.41) is 2.93. The van der Waals surface area contributed by atoms with E-state index in [1.54, 1.807) is 4.68 Å². The van der Waals surface area contributed by atoms with Crippen molar-refractivity contribution in [2.75, 3.05) is 32.5 Å². The molecule has 2 amide bonds. The molecular formula is C37H57N7O3. The Hall–Kier alpha value is -4.08. The van der Waals surface area contributed by atoms with E-state index in [-0.39, 0.29) is 24.0 Å². The van der Waals surface area contributed by atoms with Crippen molar-refractivity contribution in [3.8, 4) is 0 Å². The number of aromatic nitrogens is 2. The number of pyridine rings is 1. The molecule has 0 saturated carbocycles. The third-order valence-corrected chi connectivity index (χ3v) is 8.82. The highest BCUT2D eigenvalue weighted by molar-refractivity contribution is 5.94. The molecule has 0 bridgehead atoms. The summed E-state index contributed by atoms with van der Waals surface area (Å²) in [7, 11) is 1.87. The second-order valence-corrected chi connectivity index (χ2v) is 14.0. The highest BCUT2D eigenvalue weighted by Crippen LogP contribution is 2.31. The van der Waals surface area contributed by atoms with E-state index in [1.165, 1.54) is 5.56 Å². The average Bonchev–Trinajstić information content (AvgIpc) is 3.64. The molecule has 1 saturated heterocycles. The molecule has 3 rings (SSSR count). The number of nitrogens with one attached hydrogen (secondary N) is 1. The zero-order valence-corrected chi connectivity index (χ0v) is 30.2. The first-order chi connectivity index (χ1) is 22.1. The summed E-state index contributed by atoms with van der Waals surface area (Å²) >= 11 is 0. The first-order valence-electron chi connectivity index (χ1n) is 17.0. The predicted octanol–water partition coefficient (Wildman–Crippen LogP) is 6.65. The molecule has 2 aromatic heterocycles. The maximum Gasteiger partial charge on any atom is 0.414 e. The van der Waals surface area contributed by atoms with E-state index in [9.17, 15) is 9.59 Å². The van der Waals surface area contributed by atoms with Gasteiger partial charge in [0.1, 0.15) is 0 Å². The van der Waals surface area contributed by atoms with Crippen molar-refractivity contribution in [3.05, 3.63) is 65.3 Å². The Morgan fingerprint density at radius 2 is 1.85 bits per heavy atom. The van der Waals surface area contributed by atoms with Gasteiger partial charge in [-0.1, -0.05) is 45.9 Å². The van der Waals surface area contributed by atoms with Gasteiger partial charge < -0.3 is 20.4 Å². The van der Waals surface area contributed by atoms with Crippen molar-refractivity contribution in [2.24, 2.45) is 16.3 Å². The molecule has 2 aromatic rings. The van der Waals surface area contributed by atoms with Gasteiger partial charge in [-0.3, -0.25) is 24.8 Å². The number of guanidine groups is 1. The Morgan fingerprint density at radius 1 is 1.17 bits per heavy atom. The quantitative estimate of drug-likeness (QED) is 0.151. The van der Waals surface area contributed by atoms with Crippen LogP contribution in [0.1, 0.15) is 109 Å². The number of aliphatic imine (C=N–C) groups is 1. The van der Waals surface area contributed by atoms with Gasteiger partial charge in [-0.2, -0.15) is 0 Å². The monoisotopic (exact) mass is 647 g/mol. The van der Waals surface area contributed by atoms with E-state index in [4.69, 9.17) is 15.6 Å². The van der Waals surface area contributed by atoms with Gasteiger partial charge in [0.2, 0.25) is 11.9 Å². The highest BCUT2D eigenvalue weighted by Gasteiger charge is 2.31. The van der Waals surface area contributed by atoms with Crippen LogP contribution >= 0.6 is 0 Å². The van der Waals surface area contributed by atoms with Crippen LogP contribution in [0.5, 0.6) is 0 Å². The topological polar surface area (TPSA) is 118 Å². The summed E-state index contributed by atoms with van der Waals surface area (Å²) in [6.45, 7) is 19.9. The van der Waals surface area contributed by atoms with E-state index >= 15 is 0 Å². The Kier molecular flexibility index (Phi) is 13.2. The number of rotatable bonds is 12. The molecule has 0 aliphatic carbocycles. The standard InChI is InChI=1S/C37H57N7O3/c1-11-28(7)42(10)34(45)37(8,9)18-14-31-24-44(38)32(13-12-25(2)3)33(31)27(6)22-40-35(41-36(46)47-26(4)5)43-21-17-30(23-43)29-15-19-39-20-16-29/h12-16,18-20,24-28,30H,11,17,21-23,38H2,1-10H3,(H,40,41,46)/b13-12+,18-14+/t27-,28?,30?/m1/s1. The average molecular weight is 648 g/mol. The van der Waals surface area contributed by atoms with Gasteiger partial charge in [0.15, 0.2) is 0 Å². The zero-order chi connectivity index (χ0) is 34.9. The molecule has 0 spiro atoms. The number of alkyl carbamates (subject to hydrolysis) is 1. The minimum atomic E-state index is -0.712. The Morgan fingerprint density at radius 3 is 2.47 bits per heavy atom. The van der Waals surface area contributed by atoms with Crippen LogP contribution in [0.2, 0.25) is 0 Å². The fourth-order valence-corrected chi connectivity index (χ4v) is 5.73. The second kappa shape index (κ2) is 16.7. The Labute approximate surface area is 282 Å².